The molecule has 0 spiro atoms. The Hall–Kier alpha value is -1.03. The minimum absolute atomic E-state index is 0.0216. The summed E-state index contributed by atoms with van der Waals surface area (Å²) < 4.78 is 20.5. The zero-order valence-corrected chi connectivity index (χ0v) is 6.54. The molecule has 0 saturated carbocycles. The second-order valence-electron chi connectivity index (χ2n) is 2.02. The summed E-state index contributed by atoms with van der Waals surface area (Å²) in [6.45, 7) is 0. The van der Waals surface area contributed by atoms with Crippen molar-refractivity contribution < 1.29 is 13.5 Å². The maximum Gasteiger partial charge on any atom is 0.144 e. The molecule has 1 aromatic carbocycles. The molecule has 0 bridgehead atoms. The second kappa shape index (κ2) is 3.39. The van der Waals surface area contributed by atoms with Gasteiger partial charge in [-0.1, -0.05) is 12.1 Å². The van der Waals surface area contributed by atoms with Crippen LogP contribution in [0.1, 0.15) is 5.56 Å². The molecule has 59 valence electrons. The van der Waals surface area contributed by atoms with Crippen LogP contribution in [0, 0.1) is 6.07 Å². The van der Waals surface area contributed by atoms with E-state index in [2.05, 4.69) is 6.07 Å². The minimum atomic E-state index is -2.48. The molecule has 1 rings (SSSR count). The molecule has 1 radical (unpaired) electrons. The van der Waals surface area contributed by atoms with E-state index in [0.29, 0.717) is 5.56 Å². The largest absolute Gasteiger partial charge is 0.508 e. The van der Waals surface area contributed by atoms with Crippen LogP contribution >= 0.6 is 0 Å². The number of aromatic hydroxyl groups is 1. The quantitative estimate of drug-likeness (QED) is 0.629. The fourth-order valence-corrected chi connectivity index (χ4v) is 1.23. The molecule has 0 atom stereocenters. The Labute approximate surface area is 66.2 Å². The van der Waals surface area contributed by atoms with Crippen molar-refractivity contribution >= 4 is 10.7 Å². The molecular formula is C7H7O3S. The van der Waals surface area contributed by atoms with Crippen molar-refractivity contribution in [2.24, 2.45) is 0 Å². The molecule has 0 heterocycles. The SMILES string of the molecule is O=[SH](=O)Cc1[c]cccc1O. The third kappa shape index (κ3) is 2.23. The van der Waals surface area contributed by atoms with Gasteiger partial charge >= 0.3 is 0 Å². The number of rotatable bonds is 2. The highest BCUT2D eigenvalue weighted by molar-refractivity contribution is 7.71. The number of thiol groups is 1. The van der Waals surface area contributed by atoms with Gasteiger partial charge in [-0.3, -0.25) is 0 Å². The third-order valence-corrected chi connectivity index (χ3v) is 1.78. The van der Waals surface area contributed by atoms with Gasteiger partial charge in [0.15, 0.2) is 0 Å². The van der Waals surface area contributed by atoms with E-state index in [0.717, 1.165) is 0 Å². The van der Waals surface area contributed by atoms with Gasteiger partial charge in [0.2, 0.25) is 0 Å². The predicted octanol–water partition coefficient (Wildman–Crippen LogP) is 0.304. The first-order chi connectivity index (χ1) is 5.20. The lowest BCUT2D eigenvalue weighted by molar-refractivity contribution is 0.470. The summed E-state index contributed by atoms with van der Waals surface area (Å²) in [5, 5.41) is 9.06. The van der Waals surface area contributed by atoms with Gasteiger partial charge in [-0.05, 0) is 12.1 Å². The number of phenols is 1. The van der Waals surface area contributed by atoms with Crippen LogP contribution in [0.25, 0.3) is 0 Å². The lowest BCUT2D eigenvalue weighted by Gasteiger charge is -1.96. The molecule has 0 unspecified atom stereocenters. The zero-order valence-electron chi connectivity index (χ0n) is 5.65. The van der Waals surface area contributed by atoms with Crippen LogP contribution in [0.15, 0.2) is 18.2 Å². The monoisotopic (exact) mass is 171 g/mol. The van der Waals surface area contributed by atoms with E-state index in [1.165, 1.54) is 6.07 Å². The van der Waals surface area contributed by atoms with Crippen LogP contribution in [0.2, 0.25) is 0 Å². The average Bonchev–Trinajstić information content (AvgIpc) is 1.93. The van der Waals surface area contributed by atoms with Crippen LogP contribution in [0.5, 0.6) is 5.75 Å². The van der Waals surface area contributed by atoms with Gasteiger partial charge in [0.05, 0.1) is 5.75 Å². The van der Waals surface area contributed by atoms with E-state index in [1.54, 1.807) is 12.1 Å². The Kier molecular flexibility index (Phi) is 2.48. The highest BCUT2D eigenvalue weighted by Crippen LogP contribution is 2.14. The molecule has 0 aliphatic heterocycles. The molecule has 0 saturated heterocycles. The van der Waals surface area contributed by atoms with Crippen molar-refractivity contribution in [3.63, 3.8) is 0 Å². The van der Waals surface area contributed by atoms with E-state index < -0.39 is 10.7 Å². The van der Waals surface area contributed by atoms with Gasteiger partial charge in [0.1, 0.15) is 16.5 Å². The molecule has 0 aliphatic rings. The summed E-state index contributed by atoms with van der Waals surface area (Å²) in [4.78, 5) is 0. The molecule has 4 heteroatoms. The highest BCUT2D eigenvalue weighted by atomic mass is 32.2. The van der Waals surface area contributed by atoms with Crippen LogP contribution in [-0.2, 0) is 16.5 Å². The van der Waals surface area contributed by atoms with Crippen molar-refractivity contribution in [2.75, 3.05) is 0 Å². The summed E-state index contributed by atoms with van der Waals surface area (Å²) in [5.74, 6) is -0.172. The van der Waals surface area contributed by atoms with Crippen molar-refractivity contribution in [1.29, 1.82) is 0 Å². The summed E-state index contributed by atoms with van der Waals surface area (Å²) in [6, 6.07) is 7.23. The van der Waals surface area contributed by atoms with Gasteiger partial charge in [0, 0.05) is 5.56 Å². The Morgan fingerprint density at radius 2 is 2.27 bits per heavy atom. The molecule has 0 fully saturated rings. The minimum Gasteiger partial charge on any atom is -0.508 e. The standard InChI is InChI=1S/C7H7O3S/c8-7-4-2-1-3-6(7)5-11(9)10/h1-2,4,8,11H,5H2. The second-order valence-corrected chi connectivity index (χ2v) is 3.01. The number of hydrogen-bond donors (Lipinski definition) is 2. The van der Waals surface area contributed by atoms with Crippen molar-refractivity contribution in [1.82, 2.24) is 0 Å². The van der Waals surface area contributed by atoms with Gasteiger partial charge in [-0.2, -0.15) is 0 Å². The Morgan fingerprint density at radius 3 is 2.82 bits per heavy atom. The first-order valence-electron chi connectivity index (χ1n) is 3.00. The Bertz CT molecular complexity index is 309. The highest BCUT2D eigenvalue weighted by Gasteiger charge is 1.99. The van der Waals surface area contributed by atoms with Crippen LogP contribution < -0.4 is 0 Å². The maximum atomic E-state index is 10.2. The van der Waals surface area contributed by atoms with Crippen molar-refractivity contribution in [2.45, 2.75) is 5.75 Å². The molecule has 0 aromatic heterocycles. The summed E-state index contributed by atoms with van der Waals surface area (Å²) >= 11 is 0. The van der Waals surface area contributed by atoms with Gasteiger partial charge < -0.3 is 5.11 Å². The van der Waals surface area contributed by atoms with Crippen molar-refractivity contribution in [3.8, 4) is 5.75 Å². The number of benzene rings is 1. The lowest BCUT2D eigenvalue weighted by atomic mass is 10.2. The molecule has 0 amide bonds. The van der Waals surface area contributed by atoms with E-state index in [4.69, 9.17) is 5.11 Å². The first kappa shape index (κ1) is 8.07. The van der Waals surface area contributed by atoms with E-state index in [-0.39, 0.29) is 11.5 Å². The summed E-state index contributed by atoms with van der Waals surface area (Å²) in [5.41, 5.74) is 0.323. The summed E-state index contributed by atoms with van der Waals surface area (Å²) in [6.07, 6.45) is 0. The maximum absolute atomic E-state index is 10.2. The van der Waals surface area contributed by atoms with E-state index in [1.807, 2.05) is 0 Å². The Balaban J connectivity index is 2.94. The molecule has 1 aromatic rings. The molecule has 0 aliphatic carbocycles. The normalized spacial score (nSPS) is 10.3. The fourth-order valence-electron chi connectivity index (χ4n) is 0.718. The number of hydrogen-bond acceptors (Lipinski definition) is 3. The van der Waals surface area contributed by atoms with E-state index >= 15 is 0 Å². The average molecular weight is 171 g/mol. The third-order valence-electron chi connectivity index (χ3n) is 1.20. The zero-order chi connectivity index (χ0) is 8.27. The van der Waals surface area contributed by atoms with Gasteiger partial charge in [0.25, 0.3) is 0 Å². The van der Waals surface area contributed by atoms with Crippen molar-refractivity contribution in [3.05, 3.63) is 29.8 Å². The number of phenolic OH excluding ortho intramolecular Hbond substituents is 1. The lowest BCUT2D eigenvalue weighted by Crippen LogP contribution is -1.86. The fraction of sp³-hybridized carbons (Fsp3) is 0.143. The molecule has 1 N–H and O–H groups in total. The Morgan fingerprint density at radius 1 is 1.55 bits per heavy atom. The smallest absolute Gasteiger partial charge is 0.144 e. The molecule has 3 nitrogen and oxygen atoms in total. The van der Waals surface area contributed by atoms with Gasteiger partial charge in [-0.25, -0.2) is 8.42 Å². The van der Waals surface area contributed by atoms with Crippen LogP contribution in [0.3, 0.4) is 0 Å². The topological polar surface area (TPSA) is 54.4 Å². The molecular weight excluding hydrogens is 164 g/mol. The summed E-state index contributed by atoms with van der Waals surface area (Å²) in [7, 11) is -2.48. The van der Waals surface area contributed by atoms with Crippen LogP contribution in [-0.4, -0.2) is 13.5 Å². The van der Waals surface area contributed by atoms with Gasteiger partial charge in [-0.15, -0.1) is 0 Å². The van der Waals surface area contributed by atoms with E-state index in [9.17, 15) is 8.42 Å². The predicted molar refractivity (Wildman–Crippen MR) is 41.0 cm³/mol. The molecule has 11 heavy (non-hydrogen) atoms. The first-order valence-corrected chi connectivity index (χ1v) is 4.37. The van der Waals surface area contributed by atoms with Crippen LogP contribution in [0.4, 0.5) is 0 Å².